The number of benzene rings is 1. The molecule has 2 fully saturated rings. The van der Waals surface area contributed by atoms with Crippen LogP contribution in [0.25, 0.3) is 6.08 Å². The summed E-state index contributed by atoms with van der Waals surface area (Å²) in [6.45, 7) is 0. The Kier molecular flexibility index (Phi) is 5.53. The van der Waals surface area contributed by atoms with E-state index in [0.717, 1.165) is 18.4 Å². The molecule has 1 aliphatic heterocycles. The molecule has 1 heterocycles. The van der Waals surface area contributed by atoms with Crippen LogP contribution in [0.5, 0.6) is 17.2 Å². The summed E-state index contributed by atoms with van der Waals surface area (Å²) in [6.07, 6.45) is 6.42. The maximum atomic E-state index is 12.3. The third-order valence-electron chi connectivity index (χ3n) is 4.30. The summed E-state index contributed by atoms with van der Waals surface area (Å²) in [6, 6.07) is 3.87. The molecule has 1 aromatic rings. The highest BCUT2D eigenvalue weighted by atomic mass is 32.2. The minimum atomic E-state index is -0.140. The highest BCUT2D eigenvalue weighted by molar-refractivity contribution is 8.18. The SMILES string of the molecule is COc1cc(OC)c(OC)cc1C=C1SC(=NC2CCCC2)NC1=O. The van der Waals surface area contributed by atoms with Gasteiger partial charge in [0.05, 0.1) is 32.3 Å². The first-order valence-corrected chi connectivity index (χ1v) is 9.05. The molecule has 7 heteroatoms. The van der Waals surface area contributed by atoms with Crippen molar-refractivity contribution in [1.29, 1.82) is 0 Å². The van der Waals surface area contributed by atoms with Crippen LogP contribution >= 0.6 is 11.8 Å². The molecule has 3 rings (SSSR count). The van der Waals surface area contributed by atoms with E-state index in [2.05, 4.69) is 10.3 Å². The molecule has 1 saturated heterocycles. The van der Waals surface area contributed by atoms with E-state index in [0.29, 0.717) is 33.4 Å². The summed E-state index contributed by atoms with van der Waals surface area (Å²) in [7, 11) is 4.73. The number of amides is 1. The lowest BCUT2D eigenvalue weighted by molar-refractivity contribution is -0.115. The average molecular weight is 362 g/mol. The van der Waals surface area contributed by atoms with E-state index in [4.69, 9.17) is 14.2 Å². The van der Waals surface area contributed by atoms with E-state index in [1.807, 2.05) is 0 Å². The molecule has 0 spiro atoms. The number of carbonyl (C=O) groups excluding carboxylic acids is 1. The molecule has 0 atom stereocenters. The van der Waals surface area contributed by atoms with Gasteiger partial charge in [0.15, 0.2) is 16.7 Å². The van der Waals surface area contributed by atoms with Gasteiger partial charge in [-0.05, 0) is 36.7 Å². The average Bonchev–Trinajstić information content (AvgIpc) is 3.24. The normalized spacial score (nSPS) is 21.0. The van der Waals surface area contributed by atoms with Crippen molar-refractivity contribution in [2.75, 3.05) is 21.3 Å². The number of nitrogens with zero attached hydrogens (tertiary/aromatic N) is 1. The minimum absolute atomic E-state index is 0.140. The first-order valence-electron chi connectivity index (χ1n) is 8.23. The van der Waals surface area contributed by atoms with Crippen LogP contribution in [0.1, 0.15) is 31.2 Å². The molecule has 0 unspecified atom stereocenters. The Bertz CT molecular complexity index is 724. The topological polar surface area (TPSA) is 69.2 Å². The first kappa shape index (κ1) is 17.7. The lowest BCUT2D eigenvalue weighted by Gasteiger charge is -2.12. The largest absolute Gasteiger partial charge is 0.496 e. The number of thioether (sulfide) groups is 1. The fourth-order valence-electron chi connectivity index (χ4n) is 2.99. The Morgan fingerprint density at radius 1 is 1.08 bits per heavy atom. The number of amidine groups is 1. The standard InChI is InChI=1S/C18H22N2O4S/c1-22-13-10-15(24-3)14(23-2)8-11(13)9-16-17(21)20-18(25-16)19-12-6-4-5-7-12/h8-10,12H,4-7H2,1-3H3,(H,19,20,21). The van der Waals surface area contributed by atoms with Crippen LogP contribution in [0.3, 0.4) is 0 Å². The molecule has 1 saturated carbocycles. The maximum absolute atomic E-state index is 12.3. The molecular formula is C18H22N2O4S. The zero-order valence-electron chi connectivity index (χ0n) is 14.6. The van der Waals surface area contributed by atoms with E-state index in [1.54, 1.807) is 39.5 Å². The Hall–Kier alpha value is -2.15. The van der Waals surface area contributed by atoms with Crippen molar-refractivity contribution in [2.45, 2.75) is 31.7 Å². The second kappa shape index (κ2) is 7.82. The summed E-state index contributed by atoms with van der Waals surface area (Å²) in [5.74, 6) is 1.63. The first-order chi connectivity index (χ1) is 12.1. The van der Waals surface area contributed by atoms with Crippen molar-refractivity contribution >= 4 is 28.9 Å². The van der Waals surface area contributed by atoms with Crippen molar-refractivity contribution in [2.24, 2.45) is 4.99 Å². The van der Waals surface area contributed by atoms with Gasteiger partial charge in [0.2, 0.25) is 0 Å². The summed E-state index contributed by atoms with van der Waals surface area (Å²) in [5, 5.41) is 3.53. The second-order valence-electron chi connectivity index (χ2n) is 5.89. The highest BCUT2D eigenvalue weighted by Crippen LogP contribution is 2.37. The van der Waals surface area contributed by atoms with Crippen molar-refractivity contribution < 1.29 is 19.0 Å². The van der Waals surface area contributed by atoms with Gasteiger partial charge < -0.3 is 19.5 Å². The van der Waals surface area contributed by atoms with Crippen LogP contribution < -0.4 is 19.5 Å². The summed E-state index contributed by atoms with van der Waals surface area (Å²) < 4.78 is 16.0. The molecule has 134 valence electrons. The number of methoxy groups -OCH3 is 3. The van der Waals surface area contributed by atoms with E-state index in [9.17, 15) is 4.79 Å². The predicted octanol–water partition coefficient (Wildman–Crippen LogP) is 3.21. The van der Waals surface area contributed by atoms with Gasteiger partial charge in [-0.15, -0.1) is 0 Å². The molecule has 1 amide bonds. The van der Waals surface area contributed by atoms with Gasteiger partial charge in [-0.3, -0.25) is 9.79 Å². The quantitative estimate of drug-likeness (QED) is 0.815. The third-order valence-corrected chi connectivity index (χ3v) is 5.22. The summed E-state index contributed by atoms with van der Waals surface area (Å²) >= 11 is 1.37. The van der Waals surface area contributed by atoms with Gasteiger partial charge >= 0.3 is 0 Å². The molecule has 2 aliphatic rings. The lowest BCUT2D eigenvalue weighted by Crippen LogP contribution is -2.21. The Morgan fingerprint density at radius 2 is 1.72 bits per heavy atom. The van der Waals surface area contributed by atoms with Gasteiger partial charge in [0.25, 0.3) is 5.91 Å². The summed E-state index contributed by atoms with van der Waals surface area (Å²) in [4.78, 5) is 17.5. The molecule has 1 aromatic carbocycles. The van der Waals surface area contributed by atoms with Crippen LogP contribution in [0.4, 0.5) is 0 Å². The number of aliphatic imine (C=N–C) groups is 1. The number of nitrogens with one attached hydrogen (secondary N) is 1. The van der Waals surface area contributed by atoms with Crippen LogP contribution in [-0.2, 0) is 4.79 Å². The molecule has 1 N–H and O–H groups in total. The Morgan fingerprint density at radius 3 is 2.36 bits per heavy atom. The van der Waals surface area contributed by atoms with E-state index < -0.39 is 0 Å². The fourth-order valence-corrected chi connectivity index (χ4v) is 3.88. The third kappa shape index (κ3) is 3.92. The van der Waals surface area contributed by atoms with Crippen molar-refractivity contribution in [3.05, 3.63) is 22.6 Å². The van der Waals surface area contributed by atoms with Gasteiger partial charge in [-0.1, -0.05) is 12.8 Å². The smallest absolute Gasteiger partial charge is 0.264 e. The van der Waals surface area contributed by atoms with Crippen molar-refractivity contribution in [3.8, 4) is 17.2 Å². The number of rotatable bonds is 5. The van der Waals surface area contributed by atoms with Crippen LogP contribution in [0.15, 0.2) is 22.0 Å². The molecule has 0 aromatic heterocycles. The molecule has 1 aliphatic carbocycles. The monoisotopic (exact) mass is 362 g/mol. The van der Waals surface area contributed by atoms with Gasteiger partial charge in [-0.25, -0.2) is 0 Å². The maximum Gasteiger partial charge on any atom is 0.264 e. The van der Waals surface area contributed by atoms with E-state index in [-0.39, 0.29) is 5.91 Å². The molecule has 25 heavy (non-hydrogen) atoms. The molecule has 0 bridgehead atoms. The van der Waals surface area contributed by atoms with Crippen LogP contribution in [-0.4, -0.2) is 38.4 Å². The number of ether oxygens (including phenoxy) is 3. The van der Waals surface area contributed by atoms with Gasteiger partial charge in [-0.2, -0.15) is 0 Å². The van der Waals surface area contributed by atoms with Crippen LogP contribution in [0.2, 0.25) is 0 Å². The van der Waals surface area contributed by atoms with Gasteiger partial charge in [0.1, 0.15) is 5.75 Å². The molecule has 6 nitrogen and oxygen atoms in total. The number of carbonyl (C=O) groups is 1. The highest BCUT2D eigenvalue weighted by Gasteiger charge is 2.26. The van der Waals surface area contributed by atoms with Crippen molar-refractivity contribution in [1.82, 2.24) is 5.32 Å². The van der Waals surface area contributed by atoms with Gasteiger partial charge in [0, 0.05) is 11.6 Å². The lowest BCUT2D eigenvalue weighted by atomic mass is 10.1. The minimum Gasteiger partial charge on any atom is -0.496 e. The summed E-state index contributed by atoms with van der Waals surface area (Å²) in [5.41, 5.74) is 0.750. The van der Waals surface area contributed by atoms with E-state index >= 15 is 0 Å². The molecular weight excluding hydrogens is 340 g/mol. The Labute approximate surface area is 151 Å². The molecule has 0 radical (unpaired) electrons. The second-order valence-corrected chi connectivity index (χ2v) is 6.92. The van der Waals surface area contributed by atoms with Crippen molar-refractivity contribution in [3.63, 3.8) is 0 Å². The predicted molar refractivity (Wildman–Crippen MR) is 99.5 cm³/mol. The van der Waals surface area contributed by atoms with E-state index in [1.165, 1.54) is 24.6 Å². The number of hydrogen-bond acceptors (Lipinski definition) is 6. The zero-order chi connectivity index (χ0) is 17.8. The zero-order valence-corrected chi connectivity index (χ0v) is 15.4. The van der Waals surface area contributed by atoms with Crippen LogP contribution in [0, 0.1) is 0 Å². The Balaban J connectivity index is 1.88. The number of hydrogen-bond donors (Lipinski definition) is 1. The fraction of sp³-hybridized carbons (Fsp3) is 0.444.